The maximum absolute atomic E-state index is 12.9. The maximum Gasteiger partial charge on any atom is 0.140 e. The van der Waals surface area contributed by atoms with Crippen LogP contribution in [0.5, 0.6) is 0 Å². The second kappa shape index (κ2) is 17.9. The van der Waals surface area contributed by atoms with Gasteiger partial charge in [-0.2, -0.15) is 0 Å². The molecular weight excluding hydrogens is 584 g/mol. The Morgan fingerprint density at radius 1 is 0.545 bits per heavy atom. The third-order valence-electron chi connectivity index (χ3n) is 7.85. The van der Waals surface area contributed by atoms with Crippen LogP contribution in [0.25, 0.3) is 0 Å². The fourth-order valence-electron chi connectivity index (χ4n) is 5.01. The molecule has 4 aromatic carbocycles. The minimum absolute atomic E-state index is 0.171. The van der Waals surface area contributed by atoms with Crippen LogP contribution in [-0.4, -0.2) is 36.3 Å². The van der Waals surface area contributed by atoms with Crippen LogP contribution in [0.3, 0.4) is 0 Å². The fourth-order valence-corrected chi connectivity index (χ4v) is 6.74. The van der Waals surface area contributed by atoms with Crippen molar-refractivity contribution in [2.45, 2.75) is 76.5 Å². The van der Waals surface area contributed by atoms with Crippen LogP contribution in [0.2, 0.25) is 18.1 Å². The van der Waals surface area contributed by atoms with Gasteiger partial charge in [-0.3, -0.25) is 0 Å². The van der Waals surface area contributed by atoms with E-state index in [0.717, 1.165) is 11.1 Å². The molecule has 0 saturated heterocycles. The van der Waals surface area contributed by atoms with E-state index in [1.54, 1.807) is 31.2 Å². The van der Waals surface area contributed by atoms with Gasteiger partial charge in [-0.25, -0.2) is 17.6 Å². The molecule has 0 aliphatic heterocycles. The summed E-state index contributed by atoms with van der Waals surface area (Å²) >= 11 is 0. The average molecular weight is 629 g/mol. The Hall–Kier alpha value is -3.30. The van der Waals surface area contributed by atoms with Crippen molar-refractivity contribution in [3.8, 4) is 0 Å². The minimum atomic E-state index is -1.71. The smallest absolute Gasteiger partial charge is 0.140 e. The van der Waals surface area contributed by atoms with Gasteiger partial charge in [0, 0.05) is 14.7 Å². The lowest BCUT2D eigenvalue weighted by molar-refractivity contribution is -0.0395. The molecular formula is C36H44F4O3Si. The molecule has 0 spiro atoms. The topological polar surface area (TPSA) is 60.7 Å². The number of rotatable bonds is 9. The van der Waals surface area contributed by atoms with Crippen LogP contribution in [0.4, 0.5) is 17.6 Å². The summed E-state index contributed by atoms with van der Waals surface area (Å²) in [5.41, 5.74) is 0.587. The first-order valence-corrected chi connectivity index (χ1v) is 17.4. The summed E-state index contributed by atoms with van der Waals surface area (Å²) in [6, 6.07) is 26.8. The van der Waals surface area contributed by atoms with Gasteiger partial charge in [0.15, 0.2) is 0 Å². The van der Waals surface area contributed by atoms with Crippen molar-refractivity contribution in [3.05, 3.63) is 143 Å². The molecule has 3 N–H and O–H groups in total. The Bertz CT molecular complexity index is 1260. The lowest BCUT2D eigenvalue weighted by atomic mass is 9.82. The van der Waals surface area contributed by atoms with Crippen LogP contribution in [0, 0.1) is 23.3 Å². The van der Waals surface area contributed by atoms with Crippen LogP contribution >= 0.6 is 0 Å². The van der Waals surface area contributed by atoms with Gasteiger partial charge in [0.05, 0.1) is 12.2 Å². The molecule has 0 amide bonds. The van der Waals surface area contributed by atoms with E-state index >= 15 is 0 Å². The number of hydrogen-bond donors (Lipinski definition) is 3. The molecule has 0 aromatic heterocycles. The van der Waals surface area contributed by atoms with Crippen LogP contribution in [0.15, 0.2) is 97.1 Å². The lowest BCUT2D eigenvalue weighted by Gasteiger charge is -2.32. The van der Waals surface area contributed by atoms with Gasteiger partial charge in [0.1, 0.15) is 28.9 Å². The molecule has 4 rings (SSSR count). The Balaban J connectivity index is 0.000000254. The summed E-state index contributed by atoms with van der Waals surface area (Å²) in [4.78, 5) is 0. The quantitative estimate of drug-likeness (QED) is 0.129. The van der Waals surface area contributed by atoms with Gasteiger partial charge in [-0.05, 0) is 84.6 Å². The lowest BCUT2D eigenvalue weighted by Crippen LogP contribution is -2.38. The van der Waals surface area contributed by atoms with Crippen molar-refractivity contribution in [3.63, 3.8) is 0 Å². The molecule has 0 aliphatic carbocycles. The molecule has 0 heterocycles. The van der Waals surface area contributed by atoms with Crippen molar-refractivity contribution >= 4 is 8.80 Å². The van der Waals surface area contributed by atoms with Gasteiger partial charge >= 0.3 is 0 Å². The number of benzene rings is 4. The third kappa shape index (κ3) is 10.4. The molecule has 0 saturated carbocycles. The summed E-state index contributed by atoms with van der Waals surface area (Å²) in [6.45, 7) is 10.1. The normalized spacial score (nSPS) is 12.6. The fraction of sp³-hybridized carbons (Fsp3) is 0.333. The van der Waals surface area contributed by atoms with Gasteiger partial charge in [-0.1, -0.05) is 87.4 Å². The molecule has 238 valence electrons. The van der Waals surface area contributed by atoms with E-state index in [0.29, 0.717) is 11.1 Å². The highest BCUT2D eigenvalue weighted by molar-refractivity contribution is 6.58. The molecule has 3 nitrogen and oxygen atoms in total. The molecule has 8 heteroatoms. The highest BCUT2D eigenvalue weighted by Crippen LogP contribution is 2.33. The highest BCUT2D eigenvalue weighted by Gasteiger charge is 2.36. The zero-order valence-corrected chi connectivity index (χ0v) is 27.2. The van der Waals surface area contributed by atoms with Crippen molar-refractivity contribution in [2.24, 2.45) is 0 Å². The summed E-state index contributed by atoms with van der Waals surface area (Å²) in [5.74, 6) is -1.79. The summed E-state index contributed by atoms with van der Waals surface area (Å²) in [7, 11) is -0.171. The van der Waals surface area contributed by atoms with E-state index in [1.165, 1.54) is 97.9 Å². The first-order chi connectivity index (χ1) is 20.9. The van der Waals surface area contributed by atoms with Crippen molar-refractivity contribution in [1.29, 1.82) is 0 Å². The molecule has 0 unspecified atom stereocenters. The SMILES string of the molecule is CC[SiH](CC)CC.C[C@H](O)C(O)(c1ccc(F)cc1)c1ccc(F)cc1.C[C@H](O)C(c1ccc(F)cc1)c1ccc(F)cc1. The van der Waals surface area contributed by atoms with E-state index in [9.17, 15) is 32.9 Å². The zero-order valence-electron chi connectivity index (χ0n) is 26.0. The largest absolute Gasteiger partial charge is 0.392 e. The second-order valence-corrected chi connectivity index (χ2v) is 15.0. The predicted octanol–water partition coefficient (Wildman–Crippen LogP) is 8.33. The van der Waals surface area contributed by atoms with E-state index in [4.69, 9.17) is 0 Å². The first-order valence-electron chi connectivity index (χ1n) is 15.0. The molecule has 0 bridgehead atoms. The van der Waals surface area contributed by atoms with Gasteiger partial charge in [-0.15, -0.1) is 0 Å². The maximum atomic E-state index is 12.9. The van der Waals surface area contributed by atoms with Crippen LogP contribution in [0.1, 0.15) is 62.8 Å². The number of aliphatic hydroxyl groups is 3. The molecule has 0 fully saturated rings. The number of halogens is 4. The van der Waals surface area contributed by atoms with E-state index < -0.39 is 29.4 Å². The number of hydrogen-bond acceptors (Lipinski definition) is 3. The standard InChI is InChI=1S/C15H14F2O2.C15H14F2O.C6H16Si/c1-10(18)15(19,11-2-6-13(16)7-3-11)12-4-8-14(17)9-5-12;1-10(18)15(11-2-6-13(16)7-3-11)12-4-8-14(17)9-5-12;1-4-7(5-2)6-3/h2-10,18-19H,1H3;2-10,15,18H,1H3;7H,4-6H2,1-3H3/t2*10-;/m00./s1. The molecule has 0 aliphatic rings. The van der Waals surface area contributed by atoms with Gasteiger partial charge in [0.2, 0.25) is 0 Å². The van der Waals surface area contributed by atoms with E-state index in [-0.39, 0.29) is 26.3 Å². The molecule has 2 atom stereocenters. The Labute approximate surface area is 260 Å². The Kier molecular flexibility index (Phi) is 15.0. The Morgan fingerprint density at radius 3 is 1.02 bits per heavy atom. The summed E-state index contributed by atoms with van der Waals surface area (Å²) in [6.07, 6.45) is -1.77. The summed E-state index contributed by atoms with van der Waals surface area (Å²) in [5, 5.41) is 30.5. The van der Waals surface area contributed by atoms with Crippen LogP contribution < -0.4 is 0 Å². The second-order valence-electron chi connectivity index (χ2n) is 10.9. The number of aliphatic hydroxyl groups excluding tert-OH is 2. The van der Waals surface area contributed by atoms with Gasteiger partial charge in [0.25, 0.3) is 0 Å². The molecule has 44 heavy (non-hydrogen) atoms. The monoisotopic (exact) mass is 628 g/mol. The molecule has 4 aromatic rings. The summed E-state index contributed by atoms with van der Waals surface area (Å²) < 4.78 is 51.7. The first kappa shape index (κ1) is 36.9. The molecule has 0 radical (unpaired) electrons. The van der Waals surface area contributed by atoms with Gasteiger partial charge < -0.3 is 15.3 Å². The van der Waals surface area contributed by atoms with Crippen LogP contribution in [-0.2, 0) is 5.60 Å². The van der Waals surface area contributed by atoms with E-state index in [1.807, 2.05) is 0 Å². The highest BCUT2D eigenvalue weighted by atomic mass is 28.3. The van der Waals surface area contributed by atoms with Crippen molar-refractivity contribution in [1.82, 2.24) is 0 Å². The minimum Gasteiger partial charge on any atom is -0.392 e. The Morgan fingerprint density at radius 2 is 0.818 bits per heavy atom. The van der Waals surface area contributed by atoms with Crippen molar-refractivity contribution in [2.75, 3.05) is 0 Å². The van der Waals surface area contributed by atoms with Crippen molar-refractivity contribution < 1.29 is 32.9 Å². The van der Waals surface area contributed by atoms with E-state index in [2.05, 4.69) is 20.8 Å². The predicted molar refractivity (Wildman–Crippen MR) is 172 cm³/mol. The zero-order chi connectivity index (χ0) is 32.9. The third-order valence-corrected chi connectivity index (χ3v) is 11.3. The average Bonchev–Trinajstić information content (AvgIpc) is 3.01.